The first kappa shape index (κ1) is 17.9. The van der Waals surface area contributed by atoms with Gasteiger partial charge in [-0.25, -0.2) is 0 Å². The Morgan fingerprint density at radius 3 is 2.21 bits per heavy atom. The number of nitrogens with one attached hydrogen (secondary N) is 1. The highest BCUT2D eigenvalue weighted by Gasteiger charge is 2.15. The van der Waals surface area contributed by atoms with Gasteiger partial charge in [-0.3, -0.25) is 4.79 Å². The highest BCUT2D eigenvalue weighted by Crippen LogP contribution is 2.28. The molecule has 2 rings (SSSR count). The molecular formula is C20H25NO3. The predicted octanol–water partition coefficient (Wildman–Crippen LogP) is 4.08. The van der Waals surface area contributed by atoms with Gasteiger partial charge in [-0.2, -0.15) is 0 Å². The lowest BCUT2D eigenvalue weighted by atomic mass is 9.99. The lowest BCUT2D eigenvalue weighted by molar-refractivity contribution is -0.119. The number of anilines is 1. The van der Waals surface area contributed by atoms with Crippen molar-refractivity contribution in [1.82, 2.24) is 0 Å². The minimum absolute atomic E-state index is 0.00836. The zero-order chi connectivity index (χ0) is 17.5. The fourth-order valence-corrected chi connectivity index (χ4v) is 2.54. The van der Waals surface area contributed by atoms with E-state index < -0.39 is 0 Å². The lowest BCUT2D eigenvalue weighted by Gasteiger charge is -2.14. The summed E-state index contributed by atoms with van der Waals surface area (Å²) in [6, 6.07) is 13.7. The highest BCUT2D eigenvalue weighted by molar-refractivity contribution is 5.92. The topological polar surface area (TPSA) is 47.6 Å². The zero-order valence-electron chi connectivity index (χ0n) is 14.8. The normalized spacial score (nSPS) is 11.7. The Morgan fingerprint density at radius 1 is 1.00 bits per heavy atom. The summed E-state index contributed by atoms with van der Waals surface area (Å²) in [7, 11) is 3.22. The number of methoxy groups -OCH3 is 2. The van der Waals surface area contributed by atoms with Gasteiger partial charge in [-0.05, 0) is 48.2 Å². The predicted molar refractivity (Wildman–Crippen MR) is 96.9 cm³/mol. The molecule has 0 spiro atoms. The Labute approximate surface area is 143 Å². The summed E-state index contributed by atoms with van der Waals surface area (Å²) in [6.07, 6.45) is 1.63. The van der Waals surface area contributed by atoms with Gasteiger partial charge in [0.15, 0.2) is 11.5 Å². The second-order valence-electron chi connectivity index (χ2n) is 5.83. The van der Waals surface area contributed by atoms with Crippen LogP contribution >= 0.6 is 0 Å². The Morgan fingerprint density at radius 2 is 1.62 bits per heavy atom. The number of ether oxygens (including phenoxy) is 2. The maximum absolute atomic E-state index is 12.4. The number of rotatable bonds is 7. The van der Waals surface area contributed by atoms with Gasteiger partial charge in [0.2, 0.25) is 5.91 Å². The summed E-state index contributed by atoms with van der Waals surface area (Å²) in [5, 5.41) is 2.97. The summed E-state index contributed by atoms with van der Waals surface area (Å²) in [4.78, 5) is 12.4. The van der Waals surface area contributed by atoms with Crippen LogP contribution in [0.1, 0.15) is 25.0 Å². The standard InChI is InChI=1S/C20H25NO3/c1-5-15-6-9-17(10-7-15)21-20(22)14(2)12-16-8-11-18(23-3)19(13-16)24-4/h6-11,13-14H,5,12H2,1-4H3,(H,21,22). The Kier molecular flexibility index (Phi) is 6.24. The van der Waals surface area contributed by atoms with Gasteiger partial charge in [0.25, 0.3) is 0 Å². The van der Waals surface area contributed by atoms with Crippen molar-refractivity contribution in [2.24, 2.45) is 5.92 Å². The molecular weight excluding hydrogens is 302 g/mol. The second-order valence-corrected chi connectivity index (χ2v) is 5.83. The first-order valence-electron chi connectivity index (χ1n) is 8.18. The third-order valence-corrected chi connectivity index (χ3v) is 4.07. The molecule has 0 heterocycles. The number of hydrogen-bond donors (Lipinski definition) is 1. The van der Waals surface area contributed by atoms with Crippen molar-refractivity contribution in [3.05, 3.63) is 53.6 Å². The van der Waals surface area contributed by atoms with E-state index in [4.69, 9.17) is 9.47 Å². The fourth-order valence-electron chi connectivity index (χ4n) is 2.54. The van der Waals surface area contributed by atoms with Crippen molar-refractivity contribution >= 4 is 11.6 Å². The van der Waals surface area contributed by atoms with E-state index in [0.29, 0.717) is 17.9 Å². The minimum atomic E-state index is -0.144. The monoisotopic (exact) mass is 327 g/mol. The van der Waals surface area contributed by atoms with E-state index in [1.807, 2.05) is 49.4 Å². The van der Waals surface area contributed by atoms with Crippen LogP contribution in [0.3, 0.4) is 0 Å². The van der Waals surface area contributed by atoms with Gasteiger partial charge in [0, 0.05) is 11.6 Å². The van der Waals surface area contributed by atoms with Gasteiger partial charge in [-0.1, -0.05) is 32.0 Å². The molecule has 0 aliphatic carbocycles. The molecule has 24 heavy (non-hydrogen) atoms. The van der Waals surface area contributed by atoms with E-state index in [1.165, 1.54) is 5.56 Å². The number of amides is 1. The largest absolute Gasteiger partial charge is 0.493 e. The number of aryl methyl sites for hydroxylation is 1. The maximum atomic E-state index is 12.4. The summed E-state index contributed by atoms with van der Waals surface area (Å²) < 4.78 is 10.5. The molecule has 1 unspecified atom stereocenters. The molecule has 0 bridgehead atoms. The van der Waals surface area contributed by atoms with Crippen molar-refractivity contribution in [1.29, 1.82) is 0 Å². The van der Waals surface area contributed by atoms with E-state index in [2.05, 4.69) is 12.2 Å². The third-order valence-electron chi connectivity index (χ3n) is 4.07. The molecule has 0 fully saturated rings. The quantitative estimate of drug-likeness (QED) is 0.833. The summed E-state index contributed by atoms with van der Waals surface area (Å²) in [5.41, 5.74) is 3.12. The first-order valence-corrected chi connectivity index (χ1v) is 8.18. The van der Waals surface area contributed by atoms with Crippen LogP contribution in [0.5, 0.6) is 11.5 Å². The zero-order valence-corrected chi connectivity index (χ0v) is 14.8. The molecule has 1 atom stereocenters. The number of hydrogen-bond acceptors (Lipinski definition) is 3. The first-order chi connectivity index (χ1) is 11.6. The van der Waals surface area contributed by atoms with Gasteiger partial charge < -0.3 is 14.8 Å². The van der Waals surface area contributed by atoms with E-state index in [-0.39, 0.29) is 11.8 Å². The van der Waals surface area contributed by atoms with Crippen LogP contribution in [0.2, 0.25) is 0 Å². The summed E-state index contributed by atoms with van der Waals surface area (Å²) in [5.74, 6) is 1.23. The molecule has 1 N–H and O–H groups in total. The fraction of sp³-hybridized carbons (Fsp3) is 0.350. The molecule has 2 aromatic rings. The van der Waals surface area contributed by atoms with E-state index >= 15 is 0 Å². The van der Waals surface area contributed by atoms with Gasteiger partial charge in [-0.15, -0.1) is 0 Å². The van der Waals surface area contributed by atoms with Crippen LogP contribution in [-0.2, 0) is 17.6 Å². The number of carbonyl (C=O) groups excluding carboxylic acids is 1. The molecule has 0 saturated heterocycles. The van der Waals surface area contributed by atoms with E-state index in [1.54, 1.807) is 14.2 Å². The molecule has 0 radical (unpaired) electrons. The smallest absolute Gasteiger partial charge is 0.227 e. The Bertz CT molecular complexity index is 680. The van der Waals surface area contributed by atoms with Crippen LogP contribution < -0.4 is 14.8 Å². The van der Waals surface area contributed by atoms with E-state index in [0.717, 1.165) is 17.7 Å². The summed E-state index contributed by atoms with van der Waals surface area (Å²) >= 11 is 0. The molecule has 128 valence electrons. The average molecular weight is 327 g/mol. The summed E-state index contributed by atoms with van der Waals surface area (Å²) in [6.45, 7) is 4.03. The molecule has 0 saturated carbocycles. The number of carbonyl (C=O) groups is 1. The van der Waals surface area contributed by atoms with Crippen molar-refractivity contribution in [2.45, 2.75) is 26.7 Å². The third kappa shape index (κ3) is 4.51. The van der Waals surface area contributed by atoms with Crippen LogP contribution in [0.25, 0.3) is 0 Å². The van der Waals surface area contributed by atoms with Crippen LogP contribution in [0, 0.1) is 5.92 Å². The molecule has 4 heteroatoms. The second kappa shape index (κ2) is 8.39. The maximum Gasteiger partial charge on any atom is 0.227 e. The molecule has 4 nitrogen and oxygen atoms in total. The Hall–Kier alpha value is -2.49. The van der Waals surface area contributed by atoms with Gasteiger partial charge in [0.05, 0.1) is 14.2 Å². The minimum Gasteiger partial charge on any atom is -0.493 e. The van der Waals surface area contributed by atoms with Crippen molar-refractivity contribution in [2.75, 3.05) is 19.5 Å². The van der Waals surface area contributed by atoms with Gasteiger partial charge >= 0.3 is 0 Å². The molecule has 2 aromatic carbocycles. The molecule has 1 amide bonds. The lowest BCUT2D eigenvalue weighted by Crippen LogP contribution is -2.22. The van der Waals surface area contributed by atoms with Crippen LogP contribution in [-0.4, -0.2) is 20.1 Å². The van der Waals surface area contributed by atoms with Crippen molar-refractivity contribution in [3.63, 3.8) is 0 Å². The highest BCUT2D eigenvalue weighted by atomic mass is 16.5. The van der Waals surface area contributed by atoms with Crippen molar-refractivity contribution < 1.29 is 14.3 Å². The van der Waals surface area contributed by atoms with E-state index in [9.17, 15) is 4.79 Å². The Balaban J connectivity index is 2.00. The molecule has 0 aromatic heterocycles. The number of benzene rings is 2. The molecule has 0 aliphatic rings. The van der Waals surface area contributed by atoms with Crippen LogP contribution in [0.15, 0.2) is 42.5 Å². The molecule has 0 aliphatic heterocycles. The average Bonchev–Trinajstić information content (AvgIpc) is 2.62. The van der Waals surface area contributed by atoms with Crippen LogP contribution in [0.4, 0.5) is 5.69 Å². The SMILES string of the molecule is CCc1ccc(NC(=O)C(C)Cc2ccc(OC)c(OC)c2)cc1. The van der Waals surface area contributed by atoms with Crippen molar-refractivity contribution in [3.8, 4) is 11.5 Å². The van der Waals surface area contributed by atoms with Gasteiger partial charge in [0.1, 0.15) is 0 Å².